The van der Waals surface area contributed by atoms with Crippen LogP contribution in [0.5, 0.6) is 0 Å². The molecule has 2 aromatic heterocycles. The summed E-state index contributed by atoms with van der Waals surface area (Å²) in [6.45, 7) is 5.03. The summed E-state index contributed by atoms with van der Waals surface area (Å²) in [5, 5.41) is 0. The first kappa shape index (κ1) is 16.5. The fourth-order valence-corrected chi connectivity index (χ4v) is 3.58. The molecule has 3 aromatic rings. The Kier molecular flexibility index (Phi) is 4.29. The standard InChI is InChI=1S/C21H22N4O/c1-15-5-6-17(12-16(15)2)19-4-3-10-25(19)21(26)18-7-8-23-20(13-18)24-11-9-22-14-24/h5-9,11-14,19H,3-4,10H2,1-2H3/t19-/m1/s1. The van der Waals surface area contributed by atoms with E-state index in [0.717, 1.165) is 19.4 Å². The summed E-state index contributed by atoms with van der Waals surface area (Å²) in [5.74, 6) is 0.768. The van der Waals surface area contributed by atoms with Crippen molar-refractivity contribution < 1.29 is 4.79 Å². The molecule has 1 amide bonds. The highest BCUT2D eigenvalue weighted by Crippen LogP contribution is 2.34. The number of aryl methyl sites for hydroxylation is 2. The summed E-state index contributed by atoms with van der Waals surface area (Å²) >= 11 is 0. The highest BCUT2D eigenvalue weighted by molar-refractivity contribution is 5.95. The van der Waals surface area contributed by atoms with Gasteiger partial charge in [-0.15, -0.1) is 0 Å². The molecule has 0 spiro atoms. The molecule has 0 N–H and O–H groups in total. The Morgan fingerprint density at radius 3 is 2.77 bits per heavy atom. The van der Waals surface area contributed by atoms with Crippen LogP contribution in [0, 0.1) is 13.8 Å². The molecular formula is C21H22N4O. The predicted octanol–water partition coefficient (Wildman–Crippen LogP) is 3.86. The monoisotopic (exact) mass is 346 g/mol. The zero-order valence-corrected chi connectivity index (χ0v) is 15.1. The van der Waals surface area contributed by atoms with E-state index in [0.29, 0.717) is 11.4 Å². The summed E-state index contributed by atoms with van der Waals surface area (Å²) in [4.78, 5) is 23.6. The summed E-state index contributed by atoms with van der Waals surface area (Å²) in [6.07, 6.45) is 8.93. The average molecular weight is 346 g/mol. The molecule has 1 saturated heterocycles. The second kappa shape index (κ2) is 6.75. The van der Waals surface area contributed by atoms with Gasteiger partial charge in [0.05, 0.1) is 6.04 Å². The maximum Gasteiger partial charge on any atom is 0.254 e. The van der Waals surface area contributed by atoms with Crippen LogP contribution in [0.15, 0.2) is 55.2 Å². The zero-order valence-electron chi connectivity index (χ0n) is 15.1. The summed E-state index contributed by atoms with van der Waals surface area (Å²) in [7, 11) is 0. The SMILES string of the molecule is Cc1ccc([C@H]2CCCN2C(=O)c2ccnc(-n3ccnc3)c2)cc1C. The summed E-state index contributed by atoms with van der Waals surface area (Å²) in [5.41, 5.74) is 4.44. The molecule has 0 saturated carbocycles. The van der Waals surface area contributed by atoms with Crippen LogP contribution in [0.1, 0.15) is 45.9 Å². The molecule has 5 heteroatoms. The lowest BCUT2D eigenvalue weighted by Gasteiger charge is -2.26. The molecule has 1 aliphatic rings. The number of benzene rings is 1. The molecule has 1 atom stereocenters. The van der Waals surface area contributed by atoms with Gasteiger partial charge in [0, 0.05) is 30.7 Å². The fraction of sp³-hybridized carbons (Fsp3) is 0.286. The van der Waals surface area contributed by atoms with Gasteiger partial charge in [-0.3, -0.25) is 9.36 Å². The van der Waals surface area contributed by atoms with Gasteiger partial charge in [0.2, 0.25) is 0 Å². The average Bonchev–Trinajstić information content (AvgIpc) is 3.35. The van der Waals surface area contributed by atoms with Crippen molar-refractivity contribution in [3.8, 4) is 5.82 Å². The van der Waals surface area contributed by atoms with Crippen LogP contribution in [-0.2, 0) is 0 Å². The molecule has 5 nitrogen and oxygen atoms in total. The van der Waals surface area contributed by atoms with Crippen molar-refractivity contribution >= 4 is 5.91 Å². The van der Waals surface area contributed by atoms with E-state index in [4.69, 9.17) is 0 Å². The topological polar surface area (TPSA) is 51.0 Å². The number of carbonyl (C=O) groups is 1. The maximum absolute atomic E-state index is 13.2. The van der Waals surface area contributed by atoms with Crippen LogP contribution in [0.2, 0.25) is 0 Å². The van der Waals surface area contributed by atoms with Gasteiger partial charge in [-0.05, 0) is 55.5 Å². The summed E-state index contributed by atoms with van der Waals surface area (Å²) < 4.78 is 1.81. The molecule has 0 unspecified atom stereocenters. The van der Waals surface area contributed by atoms with Crippen molar-refractivity contribution in [2.24, 2.45) is 0 Å². The third-order valence-electron chi connectivity index (χ3n) is 5.19. The lowest BCUT2D eigenvalue weighted by molar-refractivity contribution is 0.0735. The minimum Gasteiger partial charge on any atom is -0.332 e. The molecule has 1 aliphatic heterocycles. The second-order valence-corrected chi connectivity index (χ2v) is 6.87. The zero-order chi connectivity index (χ0) is 18.1. The van der Waals surface area contributed by atoms with Crippen molar-refractivity contribution in [1.82, 2.24) is 19.4 Å². The molecular weight excluding hydrogens is 324 g/mol. The number of aromatic nitrogens is 3. The van der Waals surface area contributed by atoms with Gasteiger partial charge in [-0.2, -0.15) is 0 Å². The highest BCUT2D eigenvalue weighted by atomic mass is 16.2. The predicted molar refractivity (Wildman–Crippen MR) is 100 cm³/mol. The number of amides is 1. The van der Waals surface area contributed by atoms with Crippen molar-refractivity contribution in [2.75, 3.05) is 6.54 Å². The number of likely N-dealkylation sites (tertiary alicyclic amines) is 1. The van der Waals surface area contributed by atoms with Crippen molar-refractivity contribution in [3.63, 3.8) is 0 Å². The van der Waals surface area contributed by atoms with E-state index in [2.05, 4.69) is 42.0 Å². The van der Waals surface area contributed by atoms with E-state index in [1.165, 1.54) is 16.7 Å². The van der Waals surface area contributed by atoms with Gasteiger partial charge in [0.25, 0.3) is 5.91 Å². The Labute approximate surface area is 153 Å². The number of hydrogen-bond donors (Lipinski definition) is 0. The number of pyridine rings is 1. The van der Waals surface area contributed by atoms with Crippen LogP contribution in [0.25, 0.3) is 5.82 Å². The van der Waals surface area contributed by atoms with E-state index in [9.17, 15) is 4.79 Å². The lowest BCUT2D eigenvalue weighted by Crippen LogP contribution is -2.30. The quantitative estimate of drug-likeness (QED) is 0.723. The highest BCUT2D eigenvalue weighted by Gasteiger charge is 2.30. The Balaban J connectivity index is 1.63. The molecule has 4 rings (SSSR count). The maximum atomic E-state index is 13.2. The van der Waals surface area contributed by atoms with Crippen LogP contribution in [0.3, 0.4) is 0 Å². The van der Waals surface area contributed by atoms with Crippen LogP contribution in [-0.4, -0.2) is 31.9 Å². The lowest BCUT2D eigenvalue weighted by atomic mass is 9.99. The largest absolute Gasteiger partial charge is 0.332 e. The van der Waals surface area contributed by atoms with E-state index in [1.807, 2.05) is 21.7 Å². The first-order chi connectivity index (χ1) is 12.6. The number of carbonyl (C=O) groups excluding carboxylic acids is 1. The number of imidazole rings is 1. The molecule has 0 bridgehead atoms. The third kappa shape index (κ3) is 3.01. The summed E-state index contributed by atoms with van der Waals surface area (Å²) in [6, 6.07) is 10.3. The molecule has 3 heterocycles. The van der Waals surface area contributed by atoms with Crippen LogP contribution >= 0.6 is 0 Å². The molecule has 1 fully saturated rings. The van der Waals surface area contributed by atoms with Crippen LogP contribution in [0.4, 0.5) is 0 Å². The van der Waals surface area contributed by atoms with E-state index < -0.39 is 0 Å². The van der Waals surface area contributed by atoms with Gasteiger partial charge in [0.15, 0.2) is 0 Å². The van der Waals surface area contributed by atoms with Crippen molar-refractivity contribution in [2.45, 2.75) is 32.7 Å². The number of rotatable bonds is 3. The first-order valence-corrected chi connectivity index (χ1v) is 8.96. The minimum absolute atomic E-state index is 0.0643. The Morgan fingerprint density at radius 1 is 1.12 bits per heavy atom. The van der Waals surface area contributed by atoms with Crippen molar-refractivity contribution in [1.29, 1.82) is 0 Å². The minimum atomic E-state index is 0.0643. The normalized spacial score (nSPS) is 16.8. The first-order valence-electron chi connectivity index (χ1n) is 8.96. The molecule has 26 heavy (non-hydrogen) atoms. The smallest absolute Gasteiger partial charge is 0.254 e. The van der Waals surface area contributed by atoms with Gasteiger partial charge >= 0.3 is 0 Å². The van der Waals surface area contributed by atoms with Gasteiger partial charge in [-0.1, -0.05) is 18.2 Å². The molecule has 0 radical (unpaired) electrons. The number of hydrogen-bond acceptors (Lipinski definition) is 3. The Morgan fingerprint density at radius 2 is 2.00 bits per heavy atom. The van der Waals surface area contributed by atoms with E-state index in [1.54, 1.807) is 24.8 Å². The second-order valence-electron chi connectivity index (χ2n) is 6.87. The van der Waals surface area contributed by atoms with Crippen molar-refractivity contribution in [3.05, 3.63) is 77.5 Å². The molecule has 1 aromatic carbocycles. The fourth-order valence-electron chi connectivity index (χ4n) is 3.58. The third-order valence-corrected chi connectivity index (χ3v) is 5.19. The molecule has 0 aliphatic carbocycles. The molecule has 132 valence electrons. The van der Waals surface area contributed by atoms with E-state index >= 15 is 0 Å². The number of nitrogens with zero attached hydrogens (tertiary/aromatic N) is 4. The Hall–Kier alpha value is -2.95. The van der Waals surface area contributed by atoms with Crippen LogP contribution < -0.4 is 0 Å². The van der Waals surface area contributed by atoms with E-state index in [-0.39, 0.29) is 11.9 Å². The Bertz CT molecular complexity index is 933. The van der Waals surface area contributed by atoms with Gasteiger partial charge in [-0.25, -0.2) is 9.97 Å². The van der Waals surface area contributed by atoms with Gasteiger partial charge < -0.3 is 4.90 Å². The van der Waals surface area contributed by atoms with Gasteiger partial charge in [0.1, 0.15) is 12.1 Å².